The Bertz CT molecular complexity index is 840. The van der Waals surface area contributed by atoms with E-state index in [4.69, 9.17) is 16.0 Å². The third kappa shape index (κ3) is 6.00. The van der Waals surface area contributed by atoms with Crippen LogP contribution in [0.15, 0.2) is 52.1 Å². The minimum Gasteiger partial charge on any atom is -0.459 e. The van der Waals surface area contributed by atoms with E-state index in [0.29, 0.717) is 30.8 Å². The van der Waals surface area contributed by atoms with Gasteiger partial charge in [-0.2, -0.15) is 0 Å². The molecule has 0 bridgehead atoms. The van der Waals surface area contributed by atoms with Gasteiger partial charge in [-0.15, -0.1) is 0 Å². The molecule has 1 saturated heterocycles. The van der Waals surface area contributed by atoms with Gasteiger partial charge in [-0.25, -0.2) is 0 Å². The van der Waals surface area contributed by atoms with E-state index in [1.54, 1.807) is 19.2 Å². The Labute approximate surface area is 182 Å². The third-order valence-electron chi connectivity index (χ3n) is 5.40. The Kier molecular flexibility index (Phi) is 8.16. The molecule has 1 aromatic carbocycles. The van der Waals surface area contributed by atoms with Gasteiger partial charge in [0.15, 0.2) is 11.7 Å². The highest BCUT2D eigenvalue weighted by Crippen LogP contribution is 2.35. The summed E-state index contributed by atoms with van der Waals surface area (Å²) in [7, 11) is 3.92. The number of benzene rings is 1. The lowest BCUT2D eigenvalue weighted by Crippen LogP contribution is -2.46. The summed E-state index contributed by atoms with van der Waals surface area (Å²) in [5.41, 5.74) is 1.25. The normalized spacial score (nSPS) is 20.0. The number of carbonyl (C=O) groups is 1. The van der Waals surface area contributed by atoms with E-state index < -0.39 is 0 Å². The smallest absolute Gasteiger partial charge is 0.287 e. The van der Waals surface area contributed by atoms with E-state index in [-0.39, 0.29) is 5.91 Å². The van der Waals surface area contributed by atoms with Crippen LogP contribution in [-0.2, 0) is 0 Å². The molecule has 0 aliphatic carbocycles. The van der Waals surface area contributed by atoms with Crippen LogP contribution < -0.4 is 16.0 Å². The molecular formula is C22H30ClN5O2. The second-order valence-corrected chi connectivity index (χ2v) is 7.93. The maximum absolute atomic E-state index is 11.9. The van der Waals surface area contributed by atoms with E-state index in [0.717, 1.165) is 30.5 Å². The molecule has 3 N–H and O–H groups in total. The van der Waals surface area contributed by atoms with Crippen LogP contribution in [0.4, 0.5) is 0 Å². The number of rotatable bonds is 7. The fourth-order valence-electron chi connectivity index (χ4n) is 3.99. The number of nitrogens with zero attached hydrogens (tertiary/aromatic N) is 2. The minimum absolute atomic E-state index is 0.223. The number of aliphatic imine (C=N–C) groups is 1. The maximum atomic E-state index is 11.9. The molecule has 2 unspecified atom stereocenters. The van der Waals surface area contributed by atoms with Gasteiger partial charge in [-0.05, 0) is 62.2 Å². The van der Waals surface area contributed by atoms with Crippen LogP contribution >= 0.6 is 11.6 Å². The average molecular weight is 432 g/mol. The molecule has 1 amide bonds. The van der Waals surface area contributed by atoms with Crippen molar-refractivity contribution in [2.45, 2.75) is 18.9 Å². The minimum atomic E-state index is -0.223. The summed E-state index contributed by atoms with van der Waals surface area (Å²) < 4.78 is 5.08. The first-order valence-electron chi connectivity index (χ1n) is 10.3. The first-order chi connectivity index (χ1) is 14.6. The van der Waals surface area contributed by atoms with Crippen molar-refractivity contribution < 1.29 is 9.21 Å². The number of hydrogen-bond donors (Lipinski definition) is 3. The molecule has 1 aliphatic heterocycles. The van der Waals surface area contributed by atoms with Gasteiger partial charge < -0.3 is 20.4 Å². The number of nitrogens with one attached hydrogen (secondary N) is 3. The summed E-state index contributed by atoms with van der Waals surface area (Å²) in [6, 6.07) is 11.8. The molecule has 0 saturated carbocycles. The first-order valence-corrected chi connectivity index (χ1v) is 10.7. The van der Waals surface area contributed by atoms with Crippen molar-refractivity contribution in [1.82, 2.24) is 20.9 Å². The Morgan fingerprint density at radius 2 is 2.07 bits per heavy atom. The summed E-state index contributed by atoms with van der Waals surface area (Å²) in [6.45, 7) is 2.92. The highest BCUT2D eigenvalue weighted by Gasteiger charge is 2.30. The third-order valence-corrected chi connectivity index (χ3v) is 5.64. The number of carbonyl (C=O) groups excluding carboxylic acids is 1. The SMILES string of the molecule is CN=C(NCCNC(=O)c1ccco1)NCC1CCCN(C)C1c1cccc(Cl)c1. The molecule has 162 valence electrons. The summed E-state index contributed by atoms with van der Waals surface area (Å²) >= 11 is 6.24. The van der Waals surface area contributed by atoms with Crippen molar-refractivity contribution in [1.29, 1.82) is 0 Å². The highest BCUT2D eigenvalue weighted by atomic mass is 35.5. The van der Waals surface area contributed by atoms with E-state index >= 15 is 0 Å². The van der Waals surface area contributed by atoms with Crippen LogP contribution in [-0.4, -0.2) is 57.0 Å². The van der Waals surface area contributed by atoms with Crippen LogP contribution in [0.5, 0.6) is 0 Å². The van der Waals surface area contributed by atoms with Crippen LogP contribution in [0, 0.1) is 5.92 Å². The van der Waals surface area contributed by atoms with Crippen molar-refractivity contribution in [3.8, 4) is 0 Å². The zero-order valence-electron chi connectivity index (χ0n) is 17.5. The Hall–Kier alpha value is -2.51. The maximum Gasteiger partial charge on any atom is 0.287 e. The predicted octanol–water partition coefficient (Wildman–Crippen LogP) is 2.91. The number of guanidine groups is 1. The Morgan fingerprint density at radius 1 is 1.23 bits per heavy atom. The number of furan rings is 1. The Balaban J connectivity index is 1.48. The summed E-state index contributed by atoms with van der Waals surface area (Å²) in [5, 5.41) is 10.3. The fraction of sp³-hybridized carbons (Fsp3) is 0.455. The van der Waals surface area contributed by atoms with Crippen LogP contribution in [0.1, 0.15) is 35.0 Å². The van der Waals surface area contributed by atoms with Gasteiger partial charge in [0, 0.05) is 37.7 Å². The van der Waals surface area contributed by atoms with Crippen LogP contribution in [0.25, 0.3) is 0 Å². The zero-order valence-corrected chi connectivity index (χ0v) is 18.3. The number of likely N-dealkylation sites (tertiary alicyclic amines) is 1. The summed E-state index contributed by atoms with van der Waals surface area (Å²) in [5.74, 6) is 1.25. The second-order valence-electron chi connectivity index (χ2n) is 7.50. The number of piperidine rings is 1. The quantitative estimate of drug-likeness (QED) is 0.357. The molecule has 0 spiro atoms. The van der Waals surface area contributed by atoms with Crippen molar-refractivity contribution in [3.05, 3.63) is 59.0 Å². The highest BCUT2D eigenvalue weighted by molar-refractivity contribution is 6.30. The molecule has 1 aromatic heterocycles. The summed E-state index contributed by atoms with van der Waals surface area (Å²) in [6.07, 6.45) is 3.80. The van der Waals surface area contributed by atoms with Gasteiger partial charge in [0.2, 0.25) is 0 Å². The van der Waals surface area contributed by atoms with Gasteiger partial charge in [0.05, 0.1) is 6.26 Å². The van der Waals surface area contributed by atoms with Gasteiger partial charge in [0.1, 0.15) is 0 Å². The second kappa shape index (κ2) is 11.0. The van der Waals surface area contributed by atoms with Crippen molar-refractivity contribution >= 4 is 23.5 Å². The lowest BCUT2D eigenvalue weighted by Gasteiger charge is -2.40. The van der Waals surface area contributed by atoms with Crippen molar-refractivity contribution in [3.63, 3.8) is 0 Å². The van der Waals surface area contributed by atoms with Crippen LogP contribution in [0.3, 0.4) is 0 Å². The lowest BCUT2D eigenvalue weighted by molar-refractivity contribution is 0.0926. The fourth-order valence-corrected chi connectivity index (χ4v) is 4.19. The summed E-state index contributed by atoms with van der Waals surface area (Å²) in [4.78, 5) is 18.6. The van der Waals surface area contributed by atoms with E-state index in [2.05, 4.69) is 45.0 Å². The molecule has 8 heteroatoms. The zero-order chi connectivity index (χ0) is 21.3. The van der Waals surface area contributed by atoms with Crippen molar-refractivity contribution in [2.75, 3.05) is 40.3 Å². The number of halogens is 1. The molecule has 1 fully saturated rings. The molecule has 2 aromatic rings. The molecule has 3 rings (SSSR count). The first kappa shape index (κ1) is 22.2. The van der Waals surface area contributed by atoms with E-state index in [1.165, 1.54) is 18.2 Å². The van der Waals surface area contributed by atoms with E-state index in [1.807, 2.05) is 12.1 Å². The van der Waals surface area contributed by atoms with Crippen LogP contribution in [0.2, 0.25) is 5.02 Å². The van der Waals surface area contributed by atoms with Gasteiger partial charge in [-0.3, -0.25) is 14.7 Å². The van der Waals surface area contributed by atoms with E-state index in [9.17, 15) is 4.79 Å². The number of amides is 1. The Morgan fingerprint density at radius 3 is 2.80 bits per heavy atom. The topological polar surface area (TPSA) is 81.9 Å². The van der Waals surface area contributed by atoms with Gasteiger partial charge >= 0.3 is 0 Å². The van der Waals surface area contributed by atoms with Crippen molar-refractivity contribution in [2.24, 2.45) is 10.9 Å². The number of hydrogen-bond acceptors (Lipinski definition) is 4. The monoisotopic (exact) mass is 431 g/mol. The molecule has 2 atom stereocenters. The molecule has 1 aliphatic rings. The van der Waals surface area contributed by atoms with Gasteiger partial charge in [0.25, 0.3) is 5.91 Å². The molecule has 30 heavy (non-hydrogen) atoms. The van der Waals surface area contributed by atoms with Gasteiger partial charge in [-0.1, -0.05) is 23.7 Å². The molecular weight excluding hydrogens is 402 g/mol. The standard InChI is InChI=1S/C22H30ClN5O2/c1-24-22(26-11-10-25-21(29)19-9-5-13-30-19)27-15-17-7-4-12-28(2)20(17)16-6-3-8-18(23)14-16/h3,5-6,8-9,13-14,17,20H,4,7,10-12,15H2,1-2H3,(H,25,29)(H2,24,26,27). The largest absolute Gasteiger partial charge is 0.459 e. The molecule has 2 heterocycles. The molecule has 7 nitrogen and oxygen atoms in total. The predicted molar refractivity (Wildman–Crippen MR) is 120 cm³/mol. The molecule has 0 radical (unpaired) electrons. The lowest BCUT2D eigenvalue weighted by atomic mass is 9.85. The average Bonchev–Trinajstić information content (AvgIpc) is 3.28.